The van der Waals surface area contributed by atoms with Crippen molar-refractivity contribution < 1.29 is 9.46 Å². The van der Waals surface area contributed by atoms with Crippen LogP contribution in [0.15, 0.2) is 42.5 Å². The smallest absolute Gasteiger partial charge is 0.369 e. The molecule has 0 spiro atoms. The molecule has 1 N–H and O–H groups in total. The van der Waals surface area contributed by atoms with E-state index in [0.717, 1.165) is 19.6 Å². The molecule has 3 aromatic rings. The number of fused-ring (bicyclic) bond motifs is 1. The summed E-state index contributed by atoms with van der Waals surface area (Å²) in [6, 6.07) is 14.0. The second-order valence-corrected chi connectivity index (χ2v) is 7.26. The Morgan fingerprint density at radius 1 is 1.18 bits per heavy atom. The predicted octanol–water partition coefficient (Wildman–Crippen LogP) is 2.10. The van der Waals surface area contributed by atoms with Crippen molar-refractivity contribution in [3.05, 3.63) is 63.6 Å². The monoisotopic (exact) mass is 395 g/mol. The van der Waals surface area contributed by atoms with E-state index in [9.17, 15) is 15.7 Å². The molecule has 1 atom stereocenters. The first-order valence-corrected chi connectivity index (χ1v) is 9.35. The molecular formula is C20H18ClN5O2. The third kappa shape index (κ3) is 2.97. The zero-order valence-corrected chi connectivity index (χ0v) is 16.0. The van der Waals surface area contributed by atoms with Crippen LogP contribution >= 0.6 is 11.6 Å². The topological polar surface area (TPSA) is 92.9 Å². The molecule has 0 amide bonds. The highest BCUT2D eigenvalue weighted by molar-refractivity contribution is 6.34. The molecule has 8 heteroatoms. The van der Waals surface area contributed by atoms with Crippen LogP contribution in [0.4, 0.5) is 5.69 Å². The number of piperazine rings is 1. The Morgan fingerprint density at radius 3 is 2.57 bits per heavy atom. The minimum absolute atomic E-state index is 0.0348. The van der Waals surface area contributed by atoms with E-state index in [1.165, 1.54) is 6.07 Å². The molecule has 0 bridgehead atoms. The Labute approximate surface area is 167 Å². The maximum absolute atomic E-state index is 13.2. The summed E-state index contributed by atoms with van der Waals surface area (Å²) < 4.78 is 1.14. The van der Waals surface area contributed by atoms with Crippen molar-refractivity contribution in [3.63, 3.8) is 0 Å². The van der Waals surface area contributed by atoms with E-state index in [2.05, 4.69) is 17.1 Å². The highest BCUT2D eigenvalue weighted by Crippen LogP contribution is 2.31. The van der Waals surface area contributed by atoms with Crippen LogP contribution in [0, 0.1) is 21.7 Å². The second kappa shape index (κ2) is 7.15. The van der Waals surface area contributed by atoms with E-state index in [4.69, 9.17) is 11.6 Å². The van der Waals surface area contributed by atoms with Crippen molar-refractivity contribution in [2.75, 3.05) is 24.5 Å². The number of benzene rings is 2. The zero-order valence-electron chi connectivity index (χ0n) is 15.2. The fourth-order valence-electron chi connectivity index (χ4n) is 3.64. The van der Waals surface area contributed by atoms with Gasteiger partial charge < -0.3 is 20.6 Å². The number of anilines is 1. The lowest BCUT2D eigenvalue weighted by Crippen LogP contribution is -2.49. The Bertz CT molecular complexity index is 1100. The lowest BCUT2D eigenvalue weighted by Gasteiger charge is -2.34. The Kier molecular flexibility index (Phi) is 4.67. The predicted molar refractivity (Wildman–Crippen MR) is 107 cm³/mol. The Morgan fingerprint density at radius 2 is 1.89 bits per heavy atom. The third-order valence-electron chi connectivity index (χ3n) is 4.97. The van der Waals surface area contributed by atoms with Crippen LogP contribution in [0.3, 0.4) is 0 Å². The van der Waals surface area contributed by atoms with E-state index < -0.39 is 0 Å². The van der Waals surface area contributed by atoms with Crippen LogP contribution in [0.2, 0.25) is 5.02 Å². The van der Waals surface area contributed by atoms with E-state index in [0.29, 0.717) is 25.7 Å². The fourth-order valence-corrected chi connectivity index (χ4v) is 3.92. The van der Waals surface area contributed by atoms with Gasteiger partial charge in [0.2, 0.25) is 0 Å². The van der Waals surface area contributed by atoms with Gasteiger partial charge in [0.15, 0.2) is 6.07 Å². The van der Waals surface area contributed by atoms with Crippen molar-refractivity contribution in [2.24, 2.45) is 0 Å². The maximum atomic E-state index is 13.2. The van der Waals surface area contributed by atoms with Crippen molar-refractivity contribution in [3.8, 4) is 17.3 Å². The van der Waals surface area contributed by atoms with Gasteiger partial charge in [0.1, 0.15) is 0 Å². The molecule has 0 saturated carbocycles. The minimum Gasteiger partial charge on any atom is -0.617 e. The number of rotatable bonds is 2. The van der Waals surface area contributed by atoms with E-state index >= 15 is 0 Å². The van der Waals surface area contributed by atoms with Gasteiger partial charge in [-0.05, 0) is 19.1 Å². The first-order chi connectivity index (χ1) is 13.5. The summed E-state index contributed by atoms with van der Waals surface area (Å²) in [5.41, 5.74) is 1.24. The summed E-state index contributed by atoms with van der Waals surface area (Å²) in [6.07, 6.45) is 0. The average molecular weight is 396 g/mol. The van der Waals surface area contributed by atoms with Crippen LogP contribution in [-0.2, 0) is 0 Å². The van der Waals surface area contributed by atoms with E-state index in [1.54, 1.807) is 36.4 Å². The molecule has 2 aromatic carbocycles. The quantitative estimate of drug-likeness (QED) is 0.529. The summed E-state index contributed by atoms with van der Waals surface area (Å²) in [5.74, 6) is 0. The molecule has 1 aliphatic heterocycles. The van der Waals surface area contributed by atoms with Crippen molar-refractivity contribution in [1.29, 1.82) is 5.26 Å². The van der Waals surface area contributed by atoms with Gasteiger partial charge in [-0.15, -0.1) is 4.73 Å². The highest BCUT2D eigenvalue weighted by Gasteiger charge is 2.31. The number of halogens is 1. The largest absolute Gasteiger partial charge is 0.617 e. The van der Waals surface area contributed by atoms with Crippen LogP contribution in [0.1, 0.15) is 12.6 Å². The van der Waals surface area contributed by atoms with Gasteiger partial charge in [0.25, 0.3) is 11.0 Å². The summed E-state index contributed by atoms with van der Waals surface area (Å²) in [7, 11) is 0. The van der Waals surface area contributed by atoms with Gasteiger partial charge in [-0.25, -0.2) is 0 Å². The lowest BCUT2D eigenvalue weighted by atomic mass is 10.1. The standard InChI is InChI=1S/C20H18ClN5O2/c1-13-12-24(8-7-23-13)16-10-18-17(9-15(16)21)25(27)19(11-22)20(26(18)28)14-5-3-2-4-6-14/h2-6,9-10,13,23H,7-8,12H2,1H3. The molecule has 142 valence electrons. The van der Waals surface area contributed by atoms with Crippen molar-refractivity contribution >= 4 is 28.3 Å². The average Bonchev–Trinajstić information content (AvgIpc) is 2.70. The summed E-state index contributed by atoms with van der Waals surface area (Å²) in [4.78, 5) is 2.10. The summed E-state index contributed by atoms with van der Waals surface area (Å²) >= 11 is 6.45. The first-order valence-electron chi connectivity index (χ1n) is 8.97. The van der Waals surface area contributed by atoms with E-state index in [-0.39, 0.29) is 28.5 Å². The Hall–Kier alpha value is -3.08. The summed E-state index contributed by atoms with van der Waals surface area (Å²) in [6.45, 7) is 4.36. The molecule has 7 nitrogen and oxygen atoms in total. The molecule has 1 aliphatic rings. The van der Waals surface area contributed by atoms with Crippen LogP contribution in [0.25, 0.3) is 22.3 Å². The molecule has 2 heterocycles. The molecule has 0 aliphatic carbocycles. The van der Waals surface area contributed by atoms with Gasteiger partial charge in [0.05, 0.1) is 16.3 Å². The summed E-state index contributed by atoms with van der Waals surface area (Å²) in [5, 5.41) is 39.3. The first kappa shape index (κ1) is 18.3. The number of aromatic nitrogens is 2. The molecule has 0 radical (unpaired) electrons. The van der Waals surface area contributed by atoms with Gasteiger partial charge in [-0.2, -0.15) is 9.99 Å². The molecule has 28 heavy (non-hydrogen) atoms. The normalized spacial score (nSPS) is 16.9. The molecule has 4 rings (SSSR count). The Balaban J connectivity index is 1.98. The molecular weight excluding hydrogens is 378 g/mol. The zero-order chi connectivity index (χ0) is 19.8. The second-order valence-electron chi connectivity index (χ2n) is 6.86. The molecule has 1 fully saturated rings. The number of hydrogen-bond acceptors (Lipinski definition) is 5. The number of nitrogens with zero attached hydrogens (tertiary/aromatic N) is 4. The van der Waals surface area contributed by atoms with Gasteiger partial charge in [-0.3, -0.25) is 0 Å². The lowest BCUT2D eigenvalue weighted by molar-refractivity contribution is -0.622. The van der Waals surface area contributed by atoms with Crippen LogP contribution in [-0.4, -0.2) is 25.7 Å². The third-order valence-corrected chi connectivity index (χ3v) is 5.28. The molecule has 1 aromatic heterocycles. The SMILES string of the molecule is CC1CN(c2cc3c(cc2Cl)[n+]([O-])c(C#N)c(-c2ccccc2)[n+]3[O-])CCN1. The van der Waals surface area contributed by atoms with Crippen molar-refractivity contribution in [1.82, 2.24) is 5.32 Å². The van der Waals surface area contributed by atoms with Crippen molar-refractivity contribution in [2.45, 2.75) is 13.0 Å². The molecule has 1 saturated heterocycles. The van der Waals surface area contributed by atoms with Gasteiger partial charge in [0, 0.05) is 37.8 Å². The molecule has 1 unspecified atom stereocenters. The van der Waals surface area contributed by atoms with Crippen LogP contribution < -0.4 is 19.7 Å². The maximum Gasteiger partial charge on any atom is 0.369 e. The van der Waals surface area contributed by atoms with E-state index in [1.807, 2.05) is 6.07 Å². The van der Waals surface area contributed by atoms with Gasteiger partial charge >= 0.3 is 11.4 Å². The highest BCUT2D eigenvalue weighted by atomic mass is 35.5. The fraction of sp³-hybridized carbons (Fsp3) is 0.250. The number of nitriles is 1. The van der Waals surface area contributed by atoms with Gasteiger partial charge in [-0.1, -0.05) is 29.8 Å². The van der Waals surface area contributed by atoms with Crippen LogP contribution in [0.5, 0.6) is 0 Å². The number of hydrogen-bond donors (Lipinski definition) is 1. The number of nitrogens with one attached hydrogen (secondary N) is 1. The minimum atomic E-state index is -0.256.